The molecule has 0 saturated heterocycles. The molecule has 0 radical (unpaired) electrons. The van der Waals surface area contributed by atoms with Gasteiger partial charge in [0.05, 0.1) is 17.6 Å². The molecular weight excluding hydrogens is 391 g/mol. The first-order valence-electron chi connectivity index (χ1n) is 9.13. The average Bonchev–Trinajstić information content (AvgIpc) is 3.05. The van der Waals surface area contributed by atoms with Gasteiger partial charge in [0.25, 0.3) is 0 Å². The number of hydrogen-bond acceptors (Lipinski definition) is 2. The van der Waals surface area contributed by atoms with Crippen LogP contribution >= 0.6 is 23.2 Å². The first kappa shape index (κ1) is 18.9. The fourth-order valence-electron chi connectivity index (χ4n) is 3.39. The van der Waals surface area contributed by atoms with Crippen LogP contribution in [0.1, 0.15) is 11.1 Å². The normalized spacial score (nSPS) is 11.1. The second kappa shape index (κ2) is 7.86. The highest BCUT2D eigenvalue weighted by atomic mass is 35.5. The number of nitrogens with zero attached hydrogens (tertiary/aromatic N) is 2. The molecule has 0 aliphatic rings. The van der Waals surface area contributed by atoms with Crippen molar-refractivity contribution in [2.24, 2.45) is 0 Å². The van der Waals surface area contributed by atoms with E-state index in [0.29, 0.717) is 18.2 Å². The average molecular weight is 411 g/mol. The molecule has 0 atom stereocenters. The molecule has 0 amide bonds. The molecule has 0 N–H and O–H groups in total. The van der Waals surface area contributed by atoms with Gasteiger partial charge < -0.3 is 9.30 Å². The SMILES string of the molecule is Cc1cc(OCCn2c(-c3cccc(Cl)c3)nc3ccccc32)cc(C)c1Cl. The monoisotopic (exact) mass is 410 g/mol. The molecule has 0 spiro atoms. The van der Waals surface area contributed by atoms with Crippen molar-refractivity contribution in [3.63, 3.8) is 0 Å². The molecule has 0 fully saturated rings. The predicted octanol–water partition coefficient (Wildman–Crippen LogP) is 6.71. The van der Waals surface area contributed by atoms with Crippen LogP contribution in [0.5, 0.6) is 5.75 Å². The molecule has 28 heavy (non-hydrogen) atoms. The minimum Gasteiger partial charge on any atom is -0.492 e. The van der Waals surface area contributed by atoms with Crippen molar-refractivity contribution in [2.75, 3.05) is 6.61 Å². The Hall–Kier alpha value is -2.49. The predicted molar refractivity (Wildman–Crippen MR) is 117 cm³/mol. The smallest absolute Gasteiger partial charge is 0.141 e. The van der Waals surface area contributed by atoms with Gasteiger partial charge in [0.15, 0.2) is 0 Å². The van der Waals surface area contributed by atoms with Crippen molar-refractivity contribution in [2.45, 2.75) is 20.4 Å². The largest absolute Gasteiger partial charge is 0.492 e. The Bertz CT molecular complexity index is 1130. The molecule has 3 aromatic carbocycles. The molecule has 3 nitrogen and oxygen atoms in total. The van der Waals surface area contributed by atoms with Crippen molar-refractivity contribution in [1.29, 1.82) is 0 Å². The molecule has 1 aromatic heterocycles. The zero-order valence-electron chi connectivity index (χ0n) is 15.7. The maximum absolute atomic E-state index is 6.25. The standard InChI is InChI=1S/C23H20Cl2N2O/c1-15-12-19(13-16(2)22(15)25)28-11-10-27-21-9-4-3-8-20(21)26-23(27)17-6-5-7-18(24)14-17/h3-9,12-14H,10-11H2,1-2H3. The number of rotatable bonds is 5. The lowest BCUT2D eigenvalue weighted by molar-refractivity contribution is 0.300. The minimum atomic E-state index is 0.522. The summed E-state index contributed by atoms with van der Waals surface area (Å²) >= 11 is 12.5. The summed E-state index contributed by atoms with van der Waals surface area (Å²) in [5, 5.41) is 1.48. The highest BCUT2D eigenvalue weighted by molar-refractivity contribution is 6.32. The Balaban J connectivity index is 1.64. The number of aryl methyl sites for hydroxylation is 2. The van der Waals surface area contributed by atoms with Crippen molar-refractivity contribution >= 4 is 34.2 Å². The summed E-state index contributed by atoms with van der Waals surface area (Å²) in [6, 6.07) is 19.8. The summed E-state index contributed by atoms with van der Waals surface area (Å²) in [4.78, 5) is 4.82. The second-order valence-corrected chi connectivity index (χ2v) is 7.62. The Morgan fingerprint density at radius 1 is 0.929 bits per heavy atom. The Labute approximate surface area is 174 Å². The second-order valence-electron chi connectivity index (χ2n) is 6.81. The van der Waals surface area contributed by atoms with Crippen LogP contribution in [-0.4, -0.2) is 16.2 Å². The molecule has 5 heteroatoms. The van der Waals surface area contributed by atoms with Gasteiger partial charge >= 0.3 is 0 Å². The lowest BCUT2D eigenvalue weighted by atomic mass is 10.1. The lowest BCUT2D eigenvalue weighted by Gasteiger charge is -2.13. The van der Waals surface area contributed by atoms with E-state index in [0.717, 1.165) is 44.3 Å². The first-order chi connectivity index (χ1) is 13.5. The van der Waals surface area contributed by atoms with Crippen molar-refractivity contribution in [3.05, 3.63) is 81.8 Å². The van der Waals surface area contributed by atoms with Crippen LogP contribution in [0.15, 0.2) is 60.7 Å². The van der Waals surface area contributed by atoms with E-state index in [4.69, 9.17) is 32.9 Å². The Morgan fingerprint density at radius 2 is 1.68 bits per heavy atom. The summed E-state index contributed by atoms with van der Waals surface area (Å²) in [7, 11) is 0. The van der Waals surface area contributed by atoms with Crippen molar-refractivity contribution in [1.82, 2.24) is 9.55 Å². The molecule has 0 saturated carbocycles. The van der Waals surface area contributed by atoms with Gasteiger partial charge in [-0.15, -0.1) is 0 Å². The molecular formula is C23H20Cl2N2O. The van der Waals surface area contributed by atoms with Crippen molar-refractivity contribution in [3.8, 4) is 17.1 Å². The number of halogens is 2. The van der Waals surface area contributed by atoms with Crippen LogP contribution in [0.25, 0.3) is 22.4 Å². The van der Waals surface area contributed by atoms with Crippen LogP contribution in [-0.2, 0) is 6.54 Å². The van der Waals surface area contributed by atoms with Gasteiger partial charge in [0, 0.05) is 15.6 Å². The molecule has 1 heterocycles. The van der Waals surface area contributed by atoms with Crippen LogP contribution < -0.4 is 4.74 Å². The fraction of sp³-hybridized carbons (Fsp3) is 0.174. The number of benzene rings is 3. The summed E-state index contributed by atoms with van der Waals surface area (Å²) in [6.45, 7) is 5.17. The first-order valence-corrected chi connectivity index (χ1v) is 9.89. The van der Waals surface area contributed by atoms with Gasteiger partial charge in [-0.25, -0.2) is 4.98 Å². The van der Waals surface area contributed by atoms with E-state index >= 15 is 0 Å². The number of aromatic nitrogens is 2. The lowest BCUT2D eigenvalue weighted by Crippen LogP contribution is -2.09. The Morgan fingerprint density at radius 3 is 2.43 bits per heavy atom. The quantitative estimate of drug-likeness (QED) is 0.365. The third-order valence-corrected chi connectivity index (χ3v) is 5.56. The van der Waals surface area contributed by atoms with Gasteiger partial charge in [0.1, 0.15) is 18.2 Å². The van der Waals surface area contributed by atoms with Gasteiger partial charge in [0.2, 0.25) is 0 Å². The molecule has 0 bridgehead atoms. The summed E-state index contributed by atoms with van der Waals surface area (Å²) in [6.07, 6.45) is 0. The van der Waals surface area contributed by atoms with Crippen LogP contribution in [0.4, 0.5) is 0 Å². The van der Waals surface area contributed by atoms with Crippen LogP contribution in [0, 0.1) is 13.8 Å². The van der Waals surface area contributed by atoms with Gasteiger partial charge in [-0.1, -0.05) is 47.5 Å². The maximum atomic E-state index is 6.25. The zero-order chi connectivity index (χ0) is 19.7. The van der Waals surface area contributed by atoms with E-state index < -0.39 is 0 Å². The number of para-hydroxylation sites is 2. The summed E-state index contributed by atoms with van der Waals surface area (Å²) in [5.74, 6) is 1.71. The maximum Gasteiger partial charge on any atom is 0.141 e. The van der Waals surface area contributed by atoms with Gasteiger partial charge in [-0.3, -0.25) is 0 Å². The number of imidazole rings is 1. The molecule has 0 unspecified atom stereocenters. The highest BCUT2D eigenvalue weighted by Gasteiger charge is 2.13. The topological polar surface area (TPSA) is 27.1 Å². The highest BCUT2D eigenvalue weighted by Crippen LogP contribution is 2.28. The van der Waals surface area contributed by atoms with E-state index in [-0.39, 0.29) is 0 Å². The van der Waals surface area contributed by atoms with E-state index in [1.807, 2.05) is 68.4 Å². The summed E-state index contributed by atoms with van der Waals surface area (Å²) < 4.78 is 8.20. The van der Waals surface area contributed by atoms with Gasteiger partial charge in [-0.05, 0) is 61.4 Å². The van der Waals surface area contributed by atoms with Crippen LogP contribution in [0.2, 0.25) is 10.0 Å². The minimum absolute atomic E-state index is 0.522. The van der Waals surface area contributed by atoms with Crippen LogP contribution in [0.3, 0.4) is 0 Å². The fourth-order valence-corrected chi connectivity index (χ4v) is 3.69. The zero-order valence-corrected chi connectivity index (χ0v) is 17.3. The van der Waals surface area contributed by atoms with E-state index in [1.54, 1.807) is 0 Å². The molecule has 4 aromatic rings. The summed E-state index contributed by atoms with van der Waals surface area (Å²) in [5.41, 5.74) is 5.05. The third-order valence-electron chi connectivity index (χ3n) is 4.73. The molecule has 0 aliphatic heterocycles. The molecule has 142 valence electrons. The van der Waals surface area contributed by atoms with Gasteiger partial charge in [-0.2, -0.15) is 0 Å². The van der Waals surface area contributed by atoms with Crippen molar-refractivity contribution < 1.29 is 4.74 Å². The van der Waals surface area contributed by atoms with E-state index in [1.165, 1.54) is 0 Å². The third kappa shape index (κ3) is 3.73. The molecule has 4 rings (SSSR count). The number of hydrogen-bond donors (Lipinski definition) is 0. The number of ether oxygens (including phenoxy) is 1. The van der Waals surface area contributed by atoms with E-state index in [9.17, 15) is 0 Å². The number of fused-ring (bicyclic) bond motifs is 1. The van der Waals surface area contributed by atoms with E-state index in [2.05, 4.69) is 10.6 Å². The molecule has 0 aliphatic carbocycles. The Kier molecular flexibility index (Phi) is 5.29.